The third kappa shape index (κ3) is 2.89. The lowest BCUT2D eigenvalue weighted by atomic mass is 9.96. The van der Waals surface area contributed by atoms with Gasteiger partial charge in [-0.15, -0.1) is 0 Å². The Labute approximate surface area is 123 Å². The van der Waals surface area contributed by atoms with Gasteiger partial charge in [-0.2, -0.15) is 0 Å². The number of aliphatic hydroxyl groups is 1. The molecule has 0 amide bonds. The van der Waals surface area contributed by atoms with Crippen molar-refractivity contribution in [3.63, 3.8) is 0 Å². The highest BCUT2D eigenvalue weighted by atomic mass is 35.5. The maximum Gasteiger partial charge on any atom is 0.125 e. The van der Waals surface area contributed by atoms with Gasteiger partial charge in [0, 0.05) is 10.6 Å². The molecule has 20 heavy (non-hydrogen) atoms. The van der Waals surface area contributed by atoms with Crippen molar-refractivity contribution in [1.82, 2.24) is 0 Å². The minimum absolute atomic E-state index is 0.561. The second kappa shape index (κ2) is 6.16. The van der Waals surface area contributed by atoms with E-state index in [0.29, 0.717) is 16.3 Å². The summed E-state index contributed by atoms with van der Waals surface area (Å²) in [5, 5.41) is 11.2. The largest absolute Gasteiger partial charge is 0.497 e. The van der Waals surface area contributed by atoms with E-state index < -0.39 is 6.10 Å². The van der Waals surface area contributed by atoms with Crippen LogP contribution >= 0.6 is 11.6 Å². The highest BCUT2D eigenvalue weighted by molar-refractivity contribution is 6.30. The number of halogens is 1. The van der Waals surface area contributed by atoms with Gasteiger partial charge in [-0.1, -0.05) is 17.7 Å². The SMILES string of the molecule is COc1ccc(C(O)c2cc(Cl)ccc2OC)c(C)c1. The fourth-order valence-electron chi connectivity index (χ4n) is 2.17. The van der Waals surface area contributed by atoms with E-state index in [0.717, 1.165) is 16.9 Å². The number of aryl methyl sites for hydroxylation is 1. The third-order valence-electron chi connectivity index (χ3n) is 3.26. The summed E-state index contributed by atoms with van der Waals surface area (Å²) in [6.07, 6.45) is -0.797. The first kappa shape index (κ1) is 14.7. The van der Waals surface area contributed by atoms with E-state index >= 15 is 0 Å². The van der Waals surface area contributed by atoms with Crippen molar-refractivity contribution < 1.29 is 14.6 Å². The summed E-state index contributed by atoms with van der Waals surface area (Å²) in [5.41, 5.74) is 2.39. The molecule has 0 aliphatic carbocycles. The summed E-state index contributed by atoms with van der Waals surface area (Å²) < 4.78 is 10.5. The van der Waals surface area contributed by atoms with Gasteiger partial charge in [0.05, 0.1) is 14.2 Å². The smallest absolute Gasteiger partial charge is 0.125 e. The van der Waals surface area contributed by atoms with Crippen LogP contribution in [0.3, 0.4) is 0 Å². The first-order valence-corrected chi connectivity index (χ1v) is 6.60. The van der Waals surface area contributed by atoms with E-state index in [1.165, 1.54) is 0 Å². The molecule has 0 aliphatic rings. The van der Waals surface area contributed by atoms with E-state index in [4.69, 9.17) is 21.1 Å². The van der Waals surface area contributed by atoms with Crippen molar-refractivity contribution in [3.8, 4) is 11.5 Å². The summed E-state index contributed by atoms with van der Waals surface area (Å²) in [6.45, 7) is 1.93. The Kier molecular flexibility index (Phi) is 4.53. The maximum atomic E-state index is 10.6. The molecule has 2 aromatic carbocycles. The fourth-order valence-corrected chi connectivity index (χ4v) is 2.35. The van der Waals surface area contributed by atoms with Crippen LogP contribution in [0.25, 0.3) is 0 Å². The molecule has 1 unspecified atom stereocenters. The zero-order valence-electron chi connectivity index (χ0n) is 11.7. The fraction of sp³-hybridized carbons (Fsp3) is 0.250. The molecule has 0 heterocycles. The summed E-state index contributed by atoms with van der Waals surface area (Å²) >= 11 is 6.01. The molecule has 2 aromatic rings. The molecular formula is C16H17ClO3. The number of rotatable bonds is 4. The molecule has 2 rings (SSSR count). The number of methoxy groups -OCH3 is 2. The van der Waals surface area contributed by atoms with Gasteiger partial charge in [0.1, 0.15) is 17.6 Å². The van der Waals surface area contributed by atoms with Gasteiger partial charge in [-0.05, 0) is 48.4 Å². The second-order valence-electron chi connectivity index (χ2n) is 4.51. The van der Waals surface area contributed by atoms with E-state index in [1.807, 2.05) is 25.1 Å². The Morgan fingerprint density at radius 3 is 2.35 bits per heavy atom. The van der Waals surface area contributed by atoms with Gasteiger partial charge < -0.3 is 14.6 Å². The summed E-state index contributed by atoms with van der Waals surface area (Å²) in [6, 6.07) is 10.8. The van der Waals surface area contributed by atoms with Crippen LogP contribution in [0, 0.1) is 6.92 Å². The predicted octanol–water partition coefficient (Wildman–Crippen LogP) is 3.75. The van der Waals surface area contributed by atoms with E-state index in [1.54, 1.807) is 32.4 Å². The Balaban J connectivity index is 2.45. The molecule has 0 aliphatic heterocycles. The van der Waals surface area contributed by atoms with Crippen molar-refractivity contribution in [1.29, 1.82) is 0 Å². The second-order valence-corrected chi connectivity index (χ2v) is 4.95. The minimum Gasteiger partial charge on any atom is -0.497 e. The van der Waals surface area contributed by atoms with Crippen LogP contribution in [0.1, 0.15) is 22.8 Å². The van der Waals surface area contributed by atoms with Crippen LogP contribution in [0.5, 0.6) is 11.5 Å². The van der Waals surface area contributed by atoms with Gasteiger partial charge in [-0.25, -0.2) is 0 Å². The van der Waals surface area contributed by atoms with Gasteiger partial charge in [0.15, 0.2) is 0 Å². The molecule has 1 N–H and O–H groups in total. The Bertz CT molecular complexity index is 611. The average molecular weight is 293 g/mol. The predicted molar refractivity (Wildman–Crippen MR) is 79.8 cm³/mol. The number of ether oxygens (including phenoxy) is 2. The molecule has 0 radical (unpaired) electrons. The first-order chi connectivity index (χ1) is 9.56. The zero-order chi connectivity index (χ0) is 14.7. The van der Waals surface area contributed by atoms with Crippen LogP contribution in [-0.4, -0.2) is 19.3 Å². The summed E-state index contributed by atoms with van der Waals surface area (Å²) in [5.74, 6) is 1.37. The zero-order valence-corrected chi connectivity index (χ0v) is 12.4. The molecule has 0 saturated carbocycles. The minimum atomic E-state index is -0.797. The highest BCUT2D eigenvalue weighted by Crippen LogP contribution is 2.34. The molecule has 106 valence electrons. The molecule has 3 nitrogen and oxygen atoms in total. The van der Waals surface area contributed by atoms with Crippen LogP contribution in [0.4, 0.5) is 0 Å². The number of aliphatic hydroxyl groups excluding tert-OH is 1. The van der Waals surface area contributed by atoms with Crippen molar-refractivity contribution in [3.05, 3.63) is 58.1 Å². The van der Waals surface area contributed by atoms with Crippen LogP contribution in [0.2, 0.25) is 5.02 Å². The molecular weight excluding hydrogens is 276 g/mol. The van der Waals surface area contributed by atoms with E-state index in [2.05, 4.69) is 0 Å². The molecule has 0 saturated heterocycles. The van der Waals surface area contributed by atoms with Gasteiger partial charge in [-0.3, -0.25) is 0 Å². The Morgan fingerprint density at radius 2 is 1.75 bits per heavy atom. The number of hydrogen-bond acceptors (Lipinski definition) is 3. The van der Waals surface area contributed by atoms with Crippen molar-refractivity contribution >= 4 is 11.6 Å². The monoisotopic (exact) mass is 292 g/mol. The van der Waals surface area contributed by atoms with Crippen molar-refractivity contribution in [2.75, 3.05) is 14.2 Å². The lowest BCUT2D eigenvalue weighted by molar-refractivity contribution is 0.214. The highest BCUT2D eigenvalue weighted by Gasteiger charge is 2.18. The van der Waals surface area contributed by atoms with Crippen LogP contribution < -0.4 is 9.47 Å². The normalized spacial score (nSPS) is 12.1. The molecule has 1 atom stereocenters. The summed E-state index contributed by atoms with van der Waals surface area (Å²) in [4.78, 5) is 0. The van der Waals surface area contributed by atoms with Gasteiger partial charge in [0.25, 0.3) is 0 Å². The molecule has 0 aromatic heterocycles. The Hall–Kier alpha value is -1.71. The lowest BCUT2D eigenvalue weighted by Gasteiger charge is -2.18. The number of benzene rings is 2. The standard InChI is InChI=1S/C16H17ClO3/c1-10-8-12(19-2)5-6-13(10)16(18)14-9-11(17)4-7-15(14)20-3/h4-9,16,18H,1-3H3. The molecule has 0 spiro atoms. The van der Waals surface area contributed by atoms with E-state index in [9.17, 15) is 5.11 Å². The van der Waals surface area contributed by atoms with Crippen LogP contribution in [-0.2, 0) is 0 Å². The lowest BCUT2D eigenvalue weighted by Crippen LogP contribution is -2.04. The van der Waals surface area contributed by atoms with Gasteiger partial charge >= 0.3 is 0 Å². The Morgan fingerprint density at radius 1 is 1.00 bits per heavy atom. The molecule has 0 fully saturated rings. The molecule has 4 heteroatoms. The van der Waals surface area contributed by atoms with Gasteiger partial charge in [0.2, 0.25) is 0 Å². The average Bonchev–Trinajstić information content (AvgIpc) is 2.46. The first-order valence-electron chi connectivity index (χ1n) is 6.23. The van der Waals surface area contributed by atoms with Crippen LogP contribution in [0.15, 0.2) is 36.4 Å². The quantitative estimate of drug-likeness (QED) is 0.933. The maximum absolute atomic E-state index is 10.6. The van der Waals surface area contributed by atoms with Crippen molar-refractivity contribution in [2.24, 2.45) is 0 Å². The third-order valence-corrected chi connectivity index (χ3v) is 3.49. The number of hydrogen-bond donors (Lipinski definition) is 1. The topological polar surface area (TPSA) is 38.7 Å². The van der Waals surface area contributed by atoms with Crippen molar-refractivity contribution in [2.45, 2.75) is 13.0 Å². The molecule has 0 bridgehead atoms. The summed E-state index contributed by atoms with van der Waals surface area (Å²) in [7, 11) is 3.19. The van der Waals surface area contributed by atoms with E-state index in [-0.39, 0.29) is 0 Å².